The zero-order valence-corrected chi connectivity index (χ0v) is 8.19. The van der Waals surface area contributed by atoms with Crippen LogP contribution >= 0.6 is 0 Å². The maximum atomic E-state index is 11.9. The Labute approximate surface area is 85.9 Å². The fourth-order valence-corrected chi connectivity index (χ4v) is 1.49. The van der Waals surface area contributed by atoms with Gasteiger partial charge in [-0.1, -0.05) is 17.3 Å². The van der Waals surface area contributed by atoms with E-state index < -0.39 is 0 Å². The zero-order chi connectivity index (χ0) is 10.8. The zero-order valence-electron chi connectivity index (χ0n) is 8.19. The average Bonchev–Trinajstić information content (AvgIpc) is 2.29. The number of aromatic amines is 1. The van der Waals surface area contributed by atoms with Gasteiger partial charge in [0, 0.05) is 17.1 Å². The molecule has 0 fully saturated rings. The van der Waals surface area contributed by atoms with Crippen LogP contribution in [0.15, 0.2) is 40.4 Å². The number of nitrogens with one attached hydrogen (secondary N) is 1. The van der Waals surface area contributed by atoms with E-state index in [0.29, 0.717) is 16.7 Å². The van der Waals surface area contributed by atoms with Crippen LogP contribution < -0.4 is 5.43 Å². The molecule has 2 N–H and O–H groups in total. The number of benzene rings is 1. The topological polar surface area (TPSA) is 65.5 Å². The van der Waals surface area contributed by atoms with Crippen molar-refractivity contribution in [3.05, 3.63) is 46.2 Å². The van der Waals surface area contributed by atoms with E-state index in [1.54, 1.807) is 25.3 Å². The second-order valence-corrected chi connectivity index (χ2v) is 3.26. The van der Waals surface area contributed by atoms with E-state index in [-0.39, 0.29) is 5.43 Å². The second-order valence-electron chi connectivity index (χ2n) is 3.26. The van der Waals surface area contributed by atoms with Gasteiger partial charge in [-0.25, -0.2) is 0 Å². The third-order valence-corrected chi connectivity index (χ3v) is 2.33. The second kappa shape index (κ2) is 3.57. The summed E-state index contributed by atoms with van der Waals surface area (Å²) in [6.07, 6.45) is 1.56. The number of para-hydroxylation sites is 1. The summed E-state index contributed by atoms with van der Waals surface area (Å²) in [6.45, 7) is 1.58. The molecule has 0 radical (unpaired) electrons. The number of oxime groups is 1. The number of H-pyrrole nitrogens is 1. The van der Waals surface area contributed by atoms with E-state index in [2.05, 4.69) is 10.1 Å². The Morgan fingerprint density at radius 1 is 1.40 bits per heavy atom. The summed E-state index contributed by atoms with van der Waals surface area (Å²) in [5, 5.41) is 12.2. The van der Waals surface area contributed by atoms with Crippen LogP contribution in [0.1, 0.15) is 12.5 Å². The van der Waals surface area contributed by atoms with E-state index in [0.717, 1.165) is 5.52 Å². The lowest BCUT2D eigenvalue weighted by Gasteiger charge is -2.00. The quantitative estimate of drug-likeness (QED) is 0.420. The van der Waals surface area contributed by atoms with E-state index in [1.165, 1.54) is 0 Å². The Morgan fingerprint density at radius 3 is 2.87 bits per heavy atom. The minimum absolute atomic E-state index is 0.125. The molecule has 2 rings (SSSR count). The highest BCUT2D eigenvalue weighted by Gasteiger charge is 2.06. The molecule has 0 spiro atoms. The first-order valence-corrected chi connectivity index (χ1v) is 4.53. The summed E-state index contributed by atoms with van der Waals surface area (Å²) in [7, 11) is 0. The molecule has 0 aliphatic heterocycles. The minimum Gasteiger partial charge on any atom is -0.411 e. The van der Waals surface area contributed by atoms with Gasteiger partial charge in [0.05, 0.1) is 11.3 Å². The van der Waals surface area contributed by atoms with Gasteiger partial charge in [0.1, 0.15) is 0 Å². The van der Waals surface area contributed by atoms with Crippen molar-refractivity contribution in [1.82, 2.24) is 4.98 Å². The van der Waals surface area contributed by atoms with Crippen molar-refractivity contribution in [3.8, 4) is 0 Å². The number of fused-ring (bicyclic) bond motifs is 1. The van der Waals surface area contributed by atoms with Gasteiger partial charge in [0.2, 0.25) is 0 Å². The molecule has 76 valence electrons. The molecular weight excluding hydrogens is 192 g/mol. The van der Waals surface area contributed by atoms with Gasteiger partial charge in [-0.3, -0.25) is 4.79 Å². The van der Waals surface area contributed by atoms with Crippen LogP contribution in [0.5, 0.6) is 0 Å². The fraction of sp³-hybridized carbons (Fsp3) is 0.0909. The first-order valence-electron chi connectivity index (χ1n) is 4.53. The Hall–Kier alpha value is -2.10. The highest BCUT2D eigenvalue weighted by molar-refractivity contribution is 6.00. The predicted molar refractivity (Wildman–Crippen MR) is 58.6 cm³/mol. The van der Waals surface area contributed by atoms with Gasteiger partial charge in [0.25, 0.3) is 0 Å². The van der Waals surface area contributed by atoms with Crippen LogP contribution in [0.3, 0.4) is 0 Å². The first-order chi connectivity index (χ1) is 7.24. The Balaban J connectivity index is 2.82. The lowest BCUT2D eigenvalue weighted by atomic mass is 10.1. The van der Waals surface area contributed by atoms with Crippen LogP contribution in [-0.4, -0.2) is 15.9 Å². The SMILES string of the molecule is CC(=NO)c1c[nH]c2ccccc2c1=O. The lowest BCUT2D eigenvalue weighted by Crippen LogP contribution is -2.14. The van der Waals surface area contributed by atoms with Crippen LogP contribution in [-0.2, 0) is 0 Å². The number of nitrogens with zero attached hydrogens (tertiary/aromatic N) is 1. The number of hydrogen-bond acceptors (Lipinski definition) is 3. The number of rotatable bonds is 1. The number of hydrogen-bond donors (Lipinski definition) is 2. The van der Waals surface area contributed by atoms with Gasteiger partial charge in [-0.15, -0.1) is 0 Å². The van der Waals surface area contributed by atoms with Gasteiger partial charge < -0.3 is 10.2 Å². The number of aromatic nitrogens is 1. The molecule has 1 aromatic heterocycles. The minimum atomic E-state index is -0.125. The molecule has 0 atom stereocenters. The third-order valence-electron chi connectivity index (χ3n) is 2.33. The molecule has 0 saturated carbocycles. The molecule has 2 aromatic rings. The van der Waals surface area contributed by atoms with Gasteiger partial charge >= 0.3 is 0 Å². The third kappa shape index (κ3) is 1.50. The summed E-state index contributed by atoms with van der Waals surface area (Å²) >= 11 is 0. The van der Waals surface area contributed by atoms with E-state index in [1.807, 2.05) is 12.1 Å². The average molecular weight is 202 g/mol. The van der Waals surface area contributed by atoms with E-state index in [9.17, 15) is 4.79 Å². The highest BCUT2D eigenvalue weighted by atomic mass is 16.4. The molecular formula is C11H10N2O2. The molecule has 0 aliphatic carbocycles. The van der Waals surface area contributed by atoms with E-state index in [4.69, 9.17) is 5.21 Å². The molecule has 0 aliphatic rings. The molecule has 0 unspecified atom stereocenters. The summed E-state index contributed by atoms with van der Waals surface area (Å²) in [5.74, 6) is 0. The van der Waals surface area contributed by atoms with Crippen molar-refractivity contribution in [3.63, 3.8) is 0 Å². The smallest absolute Gasteiger partial charge is 0.198 e. The maximum Gasteiger partial charge on any atom is 0.198 e. The van der Waals surface area contributed by atoms with Gasteiger partial charge in [-0.2, -0.15) is 0 Å². The molecule has 1 aromatic carbocycles. The maximum absolute atomic E-state index is 11.9. The van der Waals surface area contributed by atoms with Crippen LogP contribution in [0, 0.1) is 0 Å². The number of pyridine rings is 1. The predicted octanol–water partition coefficient (Wildman–Crippen LogP) is 1.73. The molecule has 0 saturated heterocycles. The molecule has 4 heteroatoms. The molecule has 4 nitrogen and oxygen atoms in total. The van der Waals surface area contributed by atoms with Crippen molar-refractivity contribution in [2.24, 2.45) is 5.16 Å². The van der Waals surface area contributed by atoms with Crippen molar-refractivity contribution >= 4 is 16.6 Å². The van der Waals surface area contributed by atoms with Gasteiger partial charge in [0.15, 0.2) is 5.43 Å². The van der Waals surface area contributed by atoms with Crippen molar-refractivity contribution in [2.75, 3.05) is 0 Å². The highest BCUT2D eigenvalue weighted by Crippen LogP contribution is 2.07. The van der Waals surface area contributed by atoms with Gasteiger partial charge in [-0.05, 0) is 19.1 Å². The van der Waals surface area contributed by atoms with Crippen LogP contribution in [0.2, 0.25) is 0 Å². The summed E-state index contributed by atoms with van der Waals surface area (Å²) in [5.41, 5.74) is 1.34. The summed E-state index contributed by atoms with van der Waals surface area (Å²) < 4.78 is 0. The first kappa shape index (κ1) is 9.45. The monoisotopic (exact) mass is 202 g/mol. The summed E-state index contributed by atoms with van der Waals surface area (Å²) in [4.78, 5) is 14.9. The van der Waals surface area contributed by atoms with E-state index >= 15 is 0 Å². The largest absolute Gasteiger partial charge is 0.411 e. The standard InChI is InChI=1S/C11H10N2O2/c1-7(13-15)9-6-12-10-5-3-2-4-8(10)11(9)14/h2-6,15H,1H3,(H,12,14). The normalized spacial score (nSPS) is 11.9. The van der Waals surface area contributed by atoms with Crippen LogP contribution in [0.25, 0.3) is 10.9 Å². The van der Waals surface area contributed by atoms with Crippen LogP contribution in [0.4, 0.5) is 0 Å². The Morgan fingerprint density at radius 2 is 2.13 bits per heavy atom. The Kier molecular flexibility index (Phi) is 2.25. The Bertz CT molecular complexity index is 584. The molecule has 1 heterocycles. The molecule has 0 amide bonds. The fourth-order valence-electron chi connectivity index (χ4n) is 1.49. The molecule has 0 bridgehead atoms. The summed E-state index contributed by atoms with van der Waals surface area (Å²) in [6, 6.07) is 7.21. The molecule has 15 heavy (non-hydrogen) atoms. The van der Waals surface area contributed by atoms with Crippen molar-refractivity contribution < 1.29 is 5.21 Å². The van der Waals surface area contributed by atoms with Crippen molar-refractivity contribution in [2.45, 2.75) is 6.92 Å². The van der Waals surface area contributed by atoms with Crippen molar-refractivity contribution in [1.29, 1.82) is 0 Å². The lowest BCUT2D eigenvalue weighted by molar-refractivity contribution is 0.319.